The molecule has 3 aromatic rings. The van der Waals surface area contributed by atoms with Gasteiger partial charge in [-0.25, -0.2) is 14.3 Å². The van der Waals surface area contributed by atoms with Crippen LogP contribution in [0.3, 0.4) is 0 Å². The van der Waals surface area contributed by atoms with E-state index < -0.39 is 17.5 Å². The molecular formula is C31H41F2N7O5. The first-order valence-corrected chi connectivity index (χ1v) is 13.7. The molecule has 4 rings (SSSR count). The molecule has 1 fully saturated rings. The van der Waals surface area contributed by atoms with Gasteiger partial charge in [0.25, 0.3) is 5.91 Å². The molecule has 14 heteroatoms. The van der Waals surface area contributed by atoms with Gasteiger partial charge in [0.15, 0.2) is 11.6 Å². The summed E-state index contributed by atoms with van der Waals surface area (Å²) in [6, 6.07) is 17.9. The zero-order valence-corrected chi connectivity index (χ0v) is 25.8. The Morgan fingerprint density at radius 3 is 2.24 bits per heavy atom. The molecule has 12 nitrogen and oxygen atoms in total. The first-order valence-electron chi connectivity index (χ1n) is 13.7. The minimum atomic E-state index is -0.799. The third-order valence-electron chi connectivity index (χ3n) is 5.58. The number of hydrogen-bond donors (Lipinski definition) is 4. The van der Waals surface area contributed by atoms with Crippen LogP contribution in [0.1, 0.15) is 29.9 Å². The number of anilines is 1. The third kappa shape index (κ3) is 15.5. The number of carbonyl (C=O) groups is 2. The van der Waals surface area contributed by atoms with E-state index in [4.69, 9.17) is 20.1 Å². The van der Waals surface area contributed by atoms with Crippen molar-refractivity contribution < 1.29 is 32.8 Å². The van der Waals surface area contributed by atoms with Crippen molar-refractivity contribution in [3.05, 3.63) is 108 Å². The maximum Gasteiger partial charge on any atom is 0.293 e. The van der Waals surface area contributed by atoms with E-state index in [0.717, 1.165) is 49.7 Å². The standard InChI is InChI=1S/C17H19N5O2.C7H15NO2.C6H4F2.CH3NO/c1-12(11-18)16(21-20-14-6-4-3-5-7-14)13-8-9-19-15(10-13)17(23)22-24-2;1-7-5-8(10-6-7)3-4-9-2;7-5-3-1-2-4-6(5)8;2-1-3/h3-11,20H,18H2,1-2H3,(H,22,23);7H,3-6H2,1-2H3;1-4H;1H,(H2,2,3)/b12-11+,21-16+;;;/t;7-;;/m.1../s1. The number of hydroxylamine groups is 3. The topological polar surface area (TPSA) is 166 Å². The van der Waals surface area contributed by atoms with Gasteiger partial charge < -0.3 is 16.2 Å². The fourth-order valence-corrected chi connectivity index (χ4v) is 3.41. The summed E-state index contributed by atoms with van der Waals surface area (Å²) in [4.78, 5) is 34.4. The molecule has 0 radical (unpaired) electrons. The fourth-order valence-electron chi connectivity index (χ4n) is 3.41. The number of para-hydroxylation sites is 1. The van der Waals surface area contributed by atoms with Crippen molar-refractivity contribution in [2.45, 2.75) is 13.8 Å². The summed E-state index contributed by atoms with van der Waals surface area (Å²) in [6.07, 6.45) is 3.24. The first kappa shape index (κ1) is 38.3. The maximum absolute atomic E-state index is 11.9. The summed E-state index contributed by atoms with van der Waals surface area (Å²) in [7, 11) is 3.07. The summed E-state index contributed by atoms with van der Waals surface area (Å²) in [5.41, 5.74) is 18.1. The number of hydrogen-bond acceptors (Lipinski definition) is 10. The van der Waals surface area contributed by atoms with Gasteiger partial charge in [-0.05, 0) is 61.0 Å². The van der Waals surface area contributed by atoms with Gasteiger partial charge in [-0.15, -0.1) is 0 Å². The molecule has 1 aliphatic rings. The molecule has 45 heavy (non-hydrogen) atoms. The van der Waals surface area contributed by atoms with E-state index >= 15 is 0 Å². The van der Waals surface area contributed by atoms with Crippen molar-refractivity contribution in [1.29, 1.82) is 0 Å². The van der Waals surface area contributed by atoms with Gasteiger partial charge >= 0.3 is 0 Å². The highest BCUT2D eigenvalue weighted by atomic mass is 19.2. The fraction of sp³-hybridized carbons (Fsp3) is 0.290. The molecular weight excluding hydrogens is 588 g/mol. The number of nitrogens with zero attached hydrogens (tertiary/aromatic N) is 3. The molecule has 1 saturated heterocycles. The smallest absolute Gasteiger partial charge is 0.293 e. The molecule has 0 aliphatic carbocycles. The molecule has 0 spiro atoms. The molecule has 0 saturated carbocycles. The number of benzene rings is 2. The minimum absolute atomic E-state index is 0.214. The number of nitrogens with two attached hydrogens (primary N) is 2. The Morgan fingerprint density at radius 1 is 1.11 bits per heavy atom. The van der Waals surface area contributed by atoms with Crippen LogP contribution in [-0.4, -0.2) is 68.6 Å². The Hall–Kier alpha value is -4.76. The number of amides is 2. The first-order chi connectivity index (χ1) is 21.7. The molecule has 1 atom stereocenters. The lowest BCUT2D eigenvalue weighted by atomic mass is 10.0. The number of nitrogens with one attached hydrogen (secondary N) is 2. The summed E-state index contributed by atoms with van der Waals surface area (Å²) >= 11 is 0. The van der Waals surface area contributed by atoms with Crippen LogP contribution in [0.15, 0.2) is 89.8 Å². The van der Waals surface area contributed by atoms with Crippen LogP contribution in [0, 0.1) is 17.6 Å². The Morgan fingerprint density at radius 2 is 1.73 bits per heavy atom. The van der Waals surface area contributed by atoms with Crippen LogP contribution in [-0.2, 0) is 19.2 Å². The number of pyridine rings is 1. The predicted octanol–water partition coefficient (Wildman–Crippen LogP) is 3.63. The average molecular weight is 630 g/mol. The summed E-state index contributed by atoms with van der Waals surface area (Å²) in [5.74, 6) is -1.36. The van der Waals surface area contributed by atoms with Gasteiger partial charge in [-0.2, -0.15) is 10.2 Å². The van der Waals surface area contributed by atoms with Crippen molar-refractivity contribution in [2.75, 3.05) is 45.9 Å². The van der Waals surface area contributed by atoms with Crippen molar-refractivity contribution in [2.24, 2.45) is 22.5 Å². The second kappa shape index (κ2) is 22.7. The number of aromatic nitrogens is 1. The number of primary amides is 1. The zero-order chi connectivity index (χ0) is 33.5. The SMILES string of the molecule is COCCN1C[C@@H](C)CO1.CONC(=O)c1cc(C(=N/Nc2ccccc2)/C(C)=C/N)ccn1.Fc1ccccc1F.NC=O. The normalized spacial score (nSPS) is 14.4. The lowest BCUT2D eigenvalue weighted by Crippen LogP contribution is -2.23. The number of rotatable bonds is 9. The highest BCUT2D eigenvalue weighted by molar-refractivity contribution is 6.13. The van der Waals surface area contributed by atoms with Crippen LogP contribution in [0.25, 0.3) is 0 Å². The number of methoxy groups -OCH3 is 1. The second-order valence-corrected chi connectivity index (χ2v) is 9.18. The van der Waals surface area contributed by atoms with Crippen LogP contribution < -0.4 is 22.4 Å². The minimum Gasteiger partial charge on any atom is -0.404 e. The highest BCUT2D eigenvalue weighted by Gasteiger charge is 2.18. The van der Waals surface area contributed by atoms with E-state index in [1.54, 1.807) is 19.2 Å². The monoisotopic (exact) mass is 629 g/mol. The van der Waals surface area contributed by atoms with Gasteiger partial charge in [-0.3, -0.25) is 29.7 Å². The van der Waals surface area contributed by atoms with Gasteiger partial charge in [-0.1, -0.05) is 37.3 Å². The molecule has 0 bridgehead atoms. The Labute approximate surface area is 262 Å². The maximum atomic E-state index is 11.9. The zero-order valence-electron chi connectivity index (χ0n) is 25.8. The van der Waals surface area contributed by atoms with E-state index in [9.17, 15) is 13.6 Å². The van der Waals surface area contributed by atoms with Crippen LogP contribution >= 0.6 is 0 Å². The van der Waals surface area contributed by atoms with Crippen molar-refractivity contribution in [1.82, 2.24) is 15.5 Å². The summed E-state index contributed by atoms with van der Waals surface area (Å²) in [6.45, 7) is 7.58. The van der Waals surface area contributed by atoms with Crippen LogP contribution in [0.5, 0.6) is 0 Å². The van der Waals surface area contributed by atoms with Gasteiger partial charge in [0, 0.05) is 32.0 Å². The average Bonchev–Trinajstić information content (AvgIpc) is 3.48. The molecule has 2 heterocycles. The number of carbonyl (C=O) groups excluding carboxylic acids is 2. The Bertz CT molecular complexity index is 1330. The van der Waals surface area contributed by atoms with Gasteiger partial charge in [0.1, 0.15) is 5.69 Å². The van der Waals surface area contributed by atoms with E-state index in [-0.39, 0.29) is 12.1 Å². The van der Waals surface area contributed by atoms with E-state index in [1.165, 1.54) is 31.6 Å². The van der Waals surface area contributed by atoms with Gasteiger partial charge in [0.2, 0.25) is 6.41 Å². The van der Waals surface area contributed by atoms with Crippen LogP contribution in [0.2, 0.25) is 0 Å². The van der Waals surface area contributed by atoms with Crippen LogP contribution in [0.4, 0.5) is 14.5 Å². The molecule has 2 amide bonds. The Kier molecular flexibility index (Phi) is 19.3. The van der Waals surface area contributed by atoms with Gasteiger partial charge in [0.05, 0.1) is 31.7 Å². The molecule has 1 aromatic heterocycles. The molecule has 0 unspecified atom stereocenters. The highest BCUT2D eigenvalue weighted by Crippen LogP contribution is 2.13. The summed E-state index contributed by atoms with van der Waals surface area (Å²) in [5, 5.41) is 6.38. The second-order valence-electron chi connectivity index (χ2n) is 9.18. The third-order valence-corrected chi connectivity index (χ3v) is 5.58. The van der Waals surface area contributed by atoms with E-state index in [0.29, 0.717) is 17.2 Å². The lowest BCUT2D eigenvalue weighted by Gasteiger charge is -2.11. The number of ether oxygens (including phenoxy) is 1. The quantitative estimate of drug-likeness (QED) is 0.157. The number of hydrazone groups is 1. The van der Waals surface area contributed by atoms with Crippen molar-refractivity contribution >= 4 is 23.7 Å². The van der Waals surface area contributed by atoms with Crippen molar-refractivity contribution in [3.63, 3.8) is 0 Å². The van der Waals surface area contributed by atoms with Crippen molar-refractivity contribution in [3.8, 4) is 0 Å². The molecule has 244 valence electrons. The Balaban J connectivity index is 0.000000392. The summed E-state index contributed by atoms with van der Waals surface area (Å²) < 4.78 is 28.8. The molecule has 6 N–H and O–H groups in total. The van der Waals surface area contributed by atoms with E-state index in [1.807, 2.05) is 42.3 Å². The van der Waals surface area contributed by atoms with E-state index in [2.05, 4.69) is 38.5 Å². The number of halogens is 2. The molecule has 1 aliphatic heterocycles. The number of allylic oxidation sites excluding steroid dienone is 1. The largest absolute Gasteiger partial charge is 0.404 e. The molecule has 2 aromatic carbocycles. The lowest BCUT2D eigenvalue weighted by molar-refractivity contribution is -0.118. The predicted molar refractivity (Wildman–Crippen MR) is 168 cm³/mol.